The molecule has 0 heterocycles. The molecule has 118 valence electrons. The Balaban J connectivity index is 1.90. The van der Waals surface area contributed by atoms with Crippen LogP contribution in [0.1, 0.15) is 39.0 Å². The lowest BCUT2D eigenvalue weighted by Gasteiger charge is -2.25. The highest BCUT2D eigenvalue weighted by Gasteiger charge is 2.38. The lowest BCUT2D eigenvalue weighted by atomic mass is 10.1. The molecule has 2 aliphatic carbocycles. The first-order valence-electron chi connectivity index (χ1n) is 7.45. The Morgan fingerprint density at radius 1 is 1.29 bits per heavy atom. The van der Waals surface area contributed by atoms with E-state index in [0.29, 0.717) is 0 Å². The highest BCUT2D eigenvalue weighted by atomic mass is 16.5. The minimum atomic E-state index is -0.921. The quantitative estimate of drug-likeness (QED) is 0.651. The van der Waals surface area contributed by atoms with E-state index in [9.17, 15) is 14.4 Å². The number of carboxylic acids is 1. The maximum Gasteiger partial charge on any atom is 0.325 e. The third-order valence-electron chi connectivity index (χ3n) is 3.75. The molecule has 7 heteroatoms. The monoisotopic (exact) mass is 298 g/mol. The largest absolute Gasteiger partial charge is 0.481 e. The van der Waals surface area contributed by atoms with Gasteiger partial charge in [0.15, 0.2) is 0 Å². The van der Waals surface area contributed by atoms with E-state index in [0.717, 1.165) is 25.7 Å². The van der Waals surface area contributed by atoms with Crippen LogP contribution in [0.4, 0.5) is 4.79 Å². The normalized spacial score (nSPS) is 18.7. The molecule has 0 spiro atoms. The lowest BCUT2D eigenvalue weighted by molar-refractivity contribution is -0.144. The molecule has 2 N–H and O–H groups in total. The van der Waals surface area contributed by atoms with Crippen LogP contribution in [-0.2, 0) is 14.3 Å². The number of urea groups is 1. The van der Waals surface area contributed by atoms with Gasteiger partial charge >= 0.3 is 18.0 Å². The van der Waals surface area contributed by atoms with Crippen molar-refractivity contribution in [1.29, 1.82) is 0 Å². The molecule has 7 nitrogen and oxygen atoms in total. The van der Waals surface area contributed by atoms with Crippen LogP contribution in [0.5, 0.6) is 0 Å². The van der Waals surface area contributed by atoms with Gasteiger partial charge in [-0.25, -0.2) is 4.79 Å². The van der Waals surface area contributed by atoms with Crippen LogP contribution in [0.15, 0.2) is 0 Å². The summed E-state index contributed by atoms with van der Waals surface area (Å²) in [6, 6.07) is -0.638. The molecule has 21 heavy (non-hydrogen) atoms. The van der Waals surface area contributed by atoms with Gasteiger partial charge in [-0.15, -0.1) is 0 Å². The number of rotatable bonds is 8. The molecule has 1 unspecified atom stereocenters. The fourth-order valence-electron chi connectivity index (χ4n) is 2.36. The van der Waals surface area contributed by atoms with Crippen LogP contribution in [0.3, 0.4) is 0 Å². The number of carboxylic acid groups (broad SMARTS) is 1. The molecule has 0 aromatic rings. The molecule has 2 fully saturated rings. The predicted octanol–water partition coefficient (Wildman–Crippen LogP) is 0.977. The van der Waals surface area contributed by atoms with Crippen LogP contribution in [0, 0.1) is 5.92 Å². The van der Waals surface area contributed by atoms with Gasteiger partial charge in [-0.1, -0.05) is 0 Å². The van der Waals surface area contributed by atoms with Gasteiger partial charge in [0, 0.05) is 12.1 Å². The minimum absolute atomic E-state index is 0.0686. The number of amides is 2. The number of hydrogen-bond acceptors (Lipinski definition) is 4. The van der Waals surface area contributed by atoms with Gasteiger partial charge in [0.1, 0.15) is 6.54 Å². The van der Waals surface area contributed by atoms with E-state index in [1.165, 1.54) is 4.90 Å². The zero-order valence-corrected chi connectivity index (χ0v) is 12.2. The fraction of sp³-hybridized carbons (Fsp3) is 0.786. The Kier molecular flexibility index (Phi) is 5.03. The molecular weight excluding hydrogens is 276 g/mol. The summed E-state index contributed by atoms with van der Waals surface area (Å²) in [5, 5.41) is 11.7. The van der Waals surface area contributed by atoms with Gasteiger partial charge in [-0.05, 0) is 38.5 Å². The number of carbonyl (C=O) groups excluding carboxylic acids is 2. The smallest absolute Gasteiger partial charge is 0.325 e. The second-order valence-corrected chi connectivity index (χ2v) is 5.66. The number of ether oxygens (including phenoxy) is 1. The predicted molar refractivity (Wildman–Crippen MR) is 73.7 cm³/mol. The second kappa shape index (κ2) is 6.78. The SMILES string of the molecule is CCOC(=O)CN(C(=O)NC(CC(=O)O)C1CC1)C1CC1. The van der Waals surface area contributed by atoms with Crippen molar-refractivity contribution < 1.29 is 24.2 Å². The molecule has 1 atom stereocenters. The zero-order chi connectivity index (χ0) is 15.4. The van der Waals surface area contributed by atoms with Crippen LogP contribution in [-0.4, -0.2) is 53.2 Å². The van der Waals surface area contributed by atoms with Crippen molar-refractivity contribution in [1.82, 2.24) is 10.2 Å². The van der Waals surface area contributed by atoms with Crippen molar-refractivity contribution in [3.63, 3.8) is 0 Å². The van der Waals surface area contributed by atoms with Crippen molar-refractivity contribution in [2.45, 2.75) is 51.1 Å². The lowest BCUT2D eigenvalue weighted by Crippen LogP contribution is -2.49. The molecule has 2 saturated carbocycles. The molecule has 0 radical (unpaired) electrons. The molecule has 0 saturated heterocycles. The van der Waals surface area contributed by atoms with Crippen molar-refractivity contribution in [3.05, 3.63) is 0 Å². The van der Waals surface area contributed by atoms with E-state index >= 15 is 0 Å². The number of aliphatic carboxylic acids is 1. The first-order chi connectivity index (χ1) is 10.0. The number of hydrogen-bond donors (Lipinski definition) is 2. The van der Waals surface area contributed by atoms with Gasteiger partial charge in [-0.3, -0.25) is 9.59 Å². The maximum absolute atomic E-state index is 12.3. The van der Waals surface area contributed by atoms with E-state index < -0.39 is 11.9 Å². The summed E-state index contributed by atoms with van der Waals surface area (Å²) in [6.45, 7) is 1.92. The zero-order valence-electron chi connectivity index (χ0n) is 12.2. The summed E-state index contributed by atoms with van der Waals surface area (Å²) < 4.78 is 4.88. The Labute approximate surface area is 123 Å². The van der Waals surface area contributed by atoms with Crippen LogP contribution in [0.2, 0.25) is 0 Å². The van der Waals surface area contributed by atoms with Gasteiger partial charge in [0.05, 0.1) is 13.0 Å². The Bertz CT molecular complexity index is 418. The standard InChI is InChI=1S/C14H22N2O5/c1-2-21-13(19)8-16(10-5-6-10)14(20)15-11(7-12(17)18)9-3-4-9/h9-11H,2-8H2,1H3,(H,15,20)(H,17,18). The fourth-order valence-corrected chi connectivity index (χ4v) is 2.36. The van der Waals surface area contributed by atoms with Crippen molar-refractivity contribution in [2.24, 2.45) is 5.92 Å². The Morgan fingerprint density at radius 3 is 2.43 bits per heavy atom. The highest BCUT2D eigenvalue weighted by Crippen LogP contribution is 2.34. The number of nitrogens with zero attached hydrogens (tertiary/aromatic N) is 1. The van der Waals surface area contributed by atoms with Crippen LogP contribution in [0.25, 0.3) is 0 Å². The summed E-state index contributed by atoms with van der Waals surface area (Å²) in [6.07, 6.45) is 3.56. The van der Waals surface area contributed by atoms with Crippen LogP contribution < -0.4 is 5.32 Å². The van der Waals surface area contributed by atoms with E-state index in [2.05, 4.69) is 5.32 Å². The summed E-state index contributed by atoms with van der Waals surface area (Å²) in [5.74, 6) is -1.11. The molecular formula is C14H22N2O5. The molecule has 0 aromatic heterocycles. The number of esters is 1. The summed E-state index contributed by atoms with van der Waals surface area (Å²) >= 11 is 0. The Hall–Kier alpha value is -1.79. The molecule has 2 amide bonds. The summed E-state index contributed by atoms with van der Waals surface area (Å²) in [5.41, 5.74) is 0. The van der Waals surface area contributed by atoms with Crippen molar-refractivity contribution >= 4 is 18.0 Å². The van der Waals surface area contributed by atoms with Gasteiger partial charge < -0.3 is 20.1 Å². The summed E-state index contributed by atoms with van der Waals surface area (Å²) in [4.78, 5) is 36.2. The van der Waals surface area contributed by atoms with Crippen LogP contribution >= 0.6 is 0 Å². The van der Waals surface area contributed by atoms with Gasteiger partial charge in [-0.2, -0.15) is 0 Å². The number of carbonyl (C=O) groups is 3. The number of nitrogens with one attached hydrogen (secondary N) is 1. The van der Waals surface area contributed by atoms with Crippen molar-refractivity contribution in [2.75, 3.05) is 13.2 Å². The molecule has 0 aromatic carbocycles. The molecule has 2 rings (SSSR count). The summed E-state index contributed by atoms with van der Waals surface area (Å²) in [7, 11) is 0. The third-order valence-corrected chi connectivity index (χ3v) is 3.75. The van der Waals surface area contributed by atoms with E-state index in [-0.39, 0.29) is 43.6 Å². The van der Waals surface area contributed by atoms with E-state index in [1.54, 1.807) is 6.92 Å². The third kappa shape index (κ3) is 4.91. The first kappa shape index (κ1) is 15.6. The van der Waals surface area contributed by atoms with Gasteiger partial charge in [0.25, 0.3) is 0 Å². The molecule has 0 bridgehead atoms. The van der Waals surface area contributed by atoms with Crippen molar-refractivity contribution in [3.8, 4) is 0 Å². The minimum Gasteiger partial charge on any atom is -0.481 e. The van der Waals surface area contributed by atoms with E-state index in [1.807, 2.05) is 0 Å². The average molecular weight is 298 g/mol. The molecule has 2 aliphatic rings. The first-order valence-corrected chi connectivity index (χ1v) is 7.45. The maximum atomic E-state index is 12.3. The molecule has 0 aliphatic heterocycles. The topological polar surface area (TPSA) is 95.9 Å². The highest BCUT2D eigenvalue weighted by molar-refractivity contribution is 5.82. The average Bonchev–Trinajstić information content (AvgIpc) is 3.28. The van der Waals surface area contributed by atoms with E-state index in [4.69, 9.17) is 9.84 Å². The second-order valence-electron chi connectivity index (χ2n) is 5.66. The van der Waals surface area contributed by atoms with Gasteiger partial charge in [0.2, 0.25) is 0 Å². The Morgan fingerprint density at radius 2 is 1.95 bits per heavy atom.